The molecular weight excluding hydrogens is 721 g/mol. The van der Waals surface area contributed by atoms with Crippen molar-refractivity contribution in [1.29, 1.82) is 0 Å². The molecule has 0 unspecified atom stereocenters. The molecule has 3 heterocycles. The first kappa shape index (κ1) is 38.1. The van der Waals surface area contributed by atoms with E-state index in [0.29, 0.717) is 55.6 Å². The number of nitrogens with zero attached hydrogens (tertiary/aromatic N) is 2. The Morgan fingerprint density at radius 2 is 1.93 bits per heavy atom. The van der Waals surface area contributed by atoms with Gasteiger partial charge in [0.25, 0.3) is 5.91 Å². The highest BCUT2D eigenvalue weighted by Crippen LogP contribution is 2.45. The van der Waals surface area contributed by atoms with Crippen LogP contribution in [0.15, 0.2) is 73.3 Å². The lowest BCUT2D eigenvalue weighted by Gasteiger charge is -2.30. The van der Waals surface area contributed by atoms with Gasteiger partial charge in [-0.3, -0.25) is 19.1 Å². The number of hydrogen-bond acceptors (Lipinski definition) is 8. The monoisotopic (exact) mass is 768 g/mol. The molecule has 4 N–H and O–H groups in total. The first-order valence-electron chi connectivity index (χ1n) is 19.2. The third-order valence-electron chi connectivity index (χ3n) is 10.8. The highest BCUT2D eigenvalue weighted by atomic mass is 32.2. The Balaban J connectivity index is 1.25. The molecule has 4 bridgehead atoms. The summed E-state index contributed by atoms with van der Waals surface area (Å²) in [7, 11) is -3.89. The topological polar surface area (TPSA) is 176 Å². The maximum Gasteiger partial charge on any atom is 0.315 e. The van der Waals surface area contributed by atoms with Crippen LogP contribution in [0.5, 0.6) is 5.75 Å². The van der Waals surface area contributed by atoms with Gasteiger partial charge in [0.1, 0.15) is 29.5 Å². The van der Waals surface area contributed by atoms with Crippen LogP contribution in [0.3, 0.4) is 0 Å². The van der Waals surface area contributed by atoms with E-state index in [1.54, 1.807) is 0 Å². The number of urea groups is 1. The minimum atomic E-state index is -3.89. The van der Waals surface area contributed by atoms with E-state index in [2.05, 4.69) is 27.3 Å². The predicted molar refractivity (Wildman–Crippen MR) is 209 cm³/mol. The largest absolute Gasteiger partial charge is 0.488 e. The smallest absolute Gasteiger partial charge is 0.315 e. The number of pyridine rings is 1. The number of aromatic nitrogens is 1. The second kappa shape index (κ2) is 15.9. The SMILES string of the molecule is C=C[C@@H]1C[C@]1(NC(=O)[C@@H]1C[C@@H]2CN1C(=O)[C@H](CCCC)NC(=O)NCCC/C=C/c1ccc3nc(-c4ccccc4)cc(c3c1)O2)C(=O)NS(=O)(=O)C1CC1. The lowest BCUT2D eigenvalue weighted by atomic mass is 10.1. The number of unbranched alkanes of at least 4 members (excludes halogenated alkanes) is 1. The Morgan fingerprint density at radius 1 is 1.13 bits per heavy atom. The van der Waals surface area contributed by atoms with Crippen molar-refractivity contribution in [3.63, 3.8) is 0 Å². The average molecular weight is 769 g/mol. The van der Waals surface area contributed by atoms with Crippen LogP contribution in [-0.2, 0) is 24.4 Å². The number of benzene rings is 2. The Kier molecular flexibility index (Phi) is 11.0. The zero-order valence-corrected chi connectivity index (χ0v) is 31.8. The maximum absolute atomic E-state index is 14.5. The summed E-state index contributed by atoms with van der Waals surface area (Å²) in [6.45, 7) is 6.21. The maximum atomic E-state index is 14.5. The number of ether oxygens (including phenoxy) is 1. The fraction of sp³-hybridized carbons (Fsp3) is 0.439. The highest BCUT2D eigenvalue weighted by molar-refractivity contribution is 7.91. The van der Waals surface area contributed by atoms with E-state index in [4.69, 9.17) is 9.72 Å². The van der Waals surface area contributed by atoms with Crippen LogP contribution in [0.25, 0.3) is 28.2 Å². The van der Waals surface area contributed by atoms with E-state index in [9.17, 15) is 27.6 Å². The summed E-state index contributed by atoms with van der Waals surface area (Å²) >= 11 is 0. The van der Waals surface area contributed by atoms with Crippen molar-refractivity contribution in [2.24, 2.45) is 5.92 Å². The van der Waals surface area contributed by atoms with Crippen LogP contribution in [0.2, 0.25) is 0 Å². The Hall–Kier alpha value is -5.24. The molecule has 0 radical (unpaired) electrons. The predicted octanol–water partition coefficient (Wildman–Crippen LogP) is 4.58. The second-order valence-corrected chi connectivity index (χ2v) is 16.9. The molecule has 55 heavy (non-hydrogen) atoms. The fourth-order valence-corrected chi connectivity index (χ4v) is 8.82. The first-order chi connectivity index (χ1) is 26.5. The Labute approximate surface area is 321 Å². The normalized spacial score (nSPS) is 26.2. The average Bonchev–Trinajstić information content (AvgIpc) is 4.11. The van der Waals surface area contributed by atoms with Gasteiger partial charge in [0.05, 0.1) is 23.0 Å². The Bertz CT molecular complexity index is 2120. The van der Waals surface area contributed by atoms with Crippen LogP contribution in [0, 0.1) is 5.92 Å². The molecule has 1 saturated heterocycles. The molecule has 3 fully saturated rings. The molecule has 4 aliphatic rings. The van der Waals surface area contributed by atoms with Gasteiger partial charge in [-0.25, -0.2) is 18.2 Å². The van der Waals surface area contributed by atoms with Gasteiger partial charge in [-0.05, 0) is 56.2 Å². The molecular formula is C41H48N6O7S. The minimum absolute atomic E-state index is 0.0209. The summed E-state index contributed by atoms with van der Waals surface area (Å²) in [6.07, 6.45) is 9.28. The third-order valence-corrected chi connectivity index (χ3v) is 12.7. The number of allylic oxidation sites excluding steroid dienone is 1. The minimum Gasteiger partial charge on any atom is -0.488 e. The van der Waals surface area contributed by atoms with Gasteiger partial charge >= 0.3 is 6.03 Å². The summed E-state index contributed by atoms with van der Waals surface area (Å²) < 4.78 is 34.5. The number of nitrogens with one attached hydrogen (secondary N) is 4. The van der Waals surface area contributed by atoms with E-state index in [0.717, 1.165) is 29.4 Å². The first-order valence-corrected chi connectivity index (χ1v) is 20.7. The number of carbonyl (C=O) groups is 4. The number of hydrogen-bond donors (Lipinski definition) is 4. The third kappa shape index (κ3) is 8.38. The zero-order valence-electron chi connectivity index (χ0n) is 31.0. The molecule has 2 aliphatic heterocycles. The lowest BCUT2D eigenvalue weighted by molar-refractivity contribution is -0.141. The van der Waals surface area contributed by atoms with Crippen molar-refractivity contribution in [1.82, 2.24) is 30.6 Å². The number of fused-ring (bicyclic) bond motifs is 3. The molecule has 1 aromatic heterocycles. The summed E-state index contributed by atoms with van der Waals surface area (Å²) in [5, 5.41) is 8.68. The van der Waals surface area contributed by atoms with Crippen molar-refractivity contribution in [3.05, 3.63) is 78.9 Å². The van der Waals surface area contributed by atoms with E-state index in [1.807, 2.05) is 73.7 Å². The van der Waals surface area contributed by atoms with Gasteiger partial charge in [-0.1, -0.05) is 74.4 Å². The standard InChI is InChI=1S/C41H48N6O7S/c1-3-5-15-33-38(49)47-25-29(22-35(47)37(48)45-41(24-28(41)4-2)39(50)46-55(52,53)30-17-18-30)54-36-23-34(27-13-9-6-10-14-27)43-32-19-16-26(21-31(32)36)12-8-7-11-20-42-40(51)44-33/h4,6,8-10,12-14,16,19,21,23,28-30,33,35H,2-3,5,7,11,15,17-18,20,22,24-25H2,1H3,(H,45,48)(H,46,50)(H2,42,44,51)/b12-8+/t28-,29-,33+,35+,41-/m1/s1. The van der Waals surface area contributed by atoms with E-state index < -0.39 is 68.7 Å². The van der Waals surface area contributed by atoms with Crippen molar-refractivity contribution in [2.75, 3.05) is 13.1 Å². The summed E-state index contributed by atoms with van der Waals surface area (Å²) in [5.74, 6) is -1.86. The molecule has 13 nitrogen and oxygen atoms in total. The van der Waals surface area contributed by atoms with Gasteiger partial charge in [0.15, 0.2) is 0 Å². The van der Waals surface area contributed by atoms with Crippen molar-refractivity contribution < 1.29 is 32.3 Å². The number of rotatable bonds is 10. The van der Waals surface area contributed by atoms with E-state index in [1.165, 1.54) is 11.0 Å². The fourth-order valence-electron chi connectivity index (χ4n) is 7.46. The molecule has 0 spiro atoms. The van der Waals surface area contributed by atoms with Crippen molar-refractivity contribution in [2.45, 2.75) is 93.7 Å². The van der Waals surface area contributed by atoms with Crippen LogP contribution in [-0.4, -0.2) is 84.1 Å². The molecule has 5 atom stereocenters. The van der Waals surface area contributed by atoms with Gasteiger partial charge in [-0.2, -0.15) is 0 Å². The van der Waals surface area contributed by atoms with E-state index in [-0.39, 0.29) is 19.4 Å². The molecule has 290 valence electrons. The highest BCUT2D eigenvalue weighted by Gasteiger charge is 2.62. The second-order valence-electron chi connectivity index (χ2n) is 15.0. The number of carbonyl (C=O) groups excluding carboxylic acids is 4. The number of amides is 5. The molecule has 5 amide bonds. The molecule has 7 rings (SSSR count). The van der Waals surface area contributed by atoms with Crippen molar-refractivity contribution in [3.8, 4) is 17.0 Å². The molecule has 2 saturated carbocycles. The molecule has 3 aromatic rings. The van der Waals surface area contributed by atoms with E-state index >= 15 is 0 Å². The van der Waals surface area contributed by atoms with Gasteiger partial charge in [0, 0.05) is 35.9 Å². The summed E-state index contributed by atoms with van der Waals surface area (Å²) in [5.41, 5.74) is 1.71. The van der Waals surface area contributed by atoms with Crippen LogP contribution in [0.4, 0.5) is 4.79 Å². The van der Waals surface area contributed by atoms with Gasteiger partial charge < -0.3 is 25.6 Å². The molecule has 14 heteroatoms. The number of sulfonamides is 1. The Morgan fingerprint density at radius 3 is 2.65 bits per heavy atom. The lowest BCUT2D eigenvalue weighted by Crippen LogP contribution is -2.58. The van der Waals surface area contributed by atoms with Gasteiger partial charge in [0.2, 0.25) is 21.8 Å². The van der Waals surface area contributed by atoms with Crippen molar-refractivity contribution >= 4 is 50.8 Å². The van der Waals surface area contributed by atoms with Crippen LogP contribution in [0.1, 0.15) is 70.3 Å². The zero-order chi connectivity index (χ0) is 38.7. The summed E-state index contributed by atoms with van der Waals surface area (Å²) in [6, 6.07) is 15.0. The quantitative estimate of drug-likeness (QED) is 0.217. The molecule has 2 aromatic carbocycles. The van der Waals surface area contributed by atoms with Crippen LogP contribution >= 0.6 is 0 Å². The van der Waals surface area contributed by atoms with Gasteiger partial charge in [-0.15, -0.1) is 6.58 Å². The van der Waals surface area contributed by atoms with Crippen LogP contribution < -0.4 is 25.4 Å². The molecule has 2 aliphatic carbocycles. The summed E-state index contributed by atoms with van der Waals surface area (Å²) in [4.78, 5) is 61.9.